The summed E-state index contributed by atoms with van der Waals surface area (Å²) in [5.41, 5.74) is 0.964. The average molecular weight is 257 g/mol. The Labute approximate surface area is 102 Å². The van der Waals surface area contributed by atoms with Crippen LogP contribution < -0.4 is 0 Å². The van der Waals surface area contributed by atoms with E-state index < -0.39 is 10.8 Å². The van der Waals surface area contributed by atoms with Crippen molar-refractivity contribution in [1.29, 1.82) is 0 Å². The number of halogens is 1. The van der Waals surface area contributed by atoms with Crippen molar-refractivity contribution in [2.45, 2.75) is 18.6 Å². The van der Waals surface area contributed by atoms with Gasteiger partial charge in [0.25, 0.3) is 0 Å². The van der Waals surface area contributed by atoms with Crippen molar-refractivity contribution < 1.29 is 9.00 Å². The first-order valence-electron chi connectivity index (χ1n) is 5.27. The molecule has 1 saturated carbocycles. The molecular weight excluding hydrogens is 244 g/mol. The summed E-state index contributed by atoms with van der Waals surface area (Å²) in [7, 11) is -1.08. The van der Waals surface area contributed by atoms with Gasteiger partial charge in [-0.3, -0.25) is 9.00 Å². The van der Waals surface area contributed by atoms with Crippen molar-refractivity contribution in [1.82, 2.24) is 0 Å². The second kappa shape index (κ2) is 5.11. The molecule has 1 aromatic carbocycles. The lowest BCUT2D eigenvalue weighted by Crippen LogP contribution is -2.13. The summed E-state index contributed by atoms with van der Waals surface area (Å²) in [4.78, 5) is 11.4. The summed E-state index contributed by atoms with van der Waals surface area (Å²) < 4.78 is 11.7. The second-order valence-corrected chi connectivity index (χ2v) is 5.99. The molecule has 86 valence electrons. The predicted octanol–water partition coefficient (Wildman–Crippen LogP) is 2.57. The highest BCUT2D eigenvalue weighted by Gasteiger charge is 2.30. The minimum atomic E-state index is -1.08. The van der Waals surface area contributed by atoms with Gasteiger partial charge in [-0.25, -0.2) is 0 Å². The molecule has 0 aliphatic heterocycles. The molecule has 0 heterocycles. The third-order valence-electron chi connectivity index (χ3n) is 2.58. The van der Waals surface area contributed by atoms with Crippen molar-refractivity contribution in [2.75, 3.05) is 5.75 Å². The van der Waals surface area contributed by atoms with Gasteiger partial charge in [0.05, 0.1) is 5.75 Å². The van der Waals surface area contributed by atoms with Crippen LogP contribution in [0.15, 0.2) is 24.3 Å². The summed E-state index contributed by atoms with van der Waals surface area (Å²) in [5.74, 6) is 1.00. The fourth-order valence-electron chi connectivity index (χ4n) is 1.50. The van der Waals surface area contributed by atoms with Gasteiger partial charge in [0.2, 0.25) is 0 Å². The van der Waals surface area contributed by atoms with Crippen molar-refractivity contribution in [3.05, 3.63) is 34.9 Å². The number of carbonyl (C=O) groups excluding carboxylic acids is 1. The van der Waals surface area contributed by atoms with Crippen LogP contribution in [0.2, 0.25) is 5.02 Å². The first-order chi connectivity index (χ1) is 7.65. The minimum absolute atomic E-state index is 0.160. The number of rotatable bonds is 5. The van der Waals surface area contributed by atoms with Gasteiger partial charge in [-0.2, -0.15) is 0 Å². The number of hydrogen-bond acceptors (Lipinski definition) is 2. The van der Waals surface area contributed by atoms with Gasteiger partial charge < -0.3 is 0 Å². The summed E-state index contributed by atoms with van der Waals surface area (Å²) in [6.07, 6.45) is 1.97. The number of carbonyl (C=O) groups is 1. The smallest absolute Gasteiger partial charge is 0.148 e. The average Bonchev–Trinajstić information content (AvgIpc) is 3.04. The minimum Gasteiger partial charge on any atom is -0.298 e. The number of Topliss-reactive ketones (excluding diaryl/α,β-unsaturated/α-hetero) is 1. The Hall–Kier alpha value is -0.670. The Morgan fingerprint density at radius 2 is 1.94 bits per heavy atom. The Bertz CT molecular complexity index is 410. The van der Waals surface area contributed by atoms with E-state index in [1.807, 2.05) is 12.1 Å². The van der Waals surface area contributed by atoms with Crippen LogP contribution >= 0.6 is 11.6 Å². The third-order valence-corrected chi connectivity index (χ3v) is 4.09. The Balaban J connectivity index is 1.86. The van der Waals surface area contributed by atoms with Gasteiger partial charge in [-0.05, 0) is 30.5 Å². The number of benzene rings is 1. The van der Waals surface area contributed by atoms with E-state index in [-0.39, 0.29) is 17.5 Å². The molecule has 4 heteroatoms. The van der Waals surface area contributed by atoms with Crippen LogP contribution in [0, 0.1) is 5.92 Å². The van der Waals surface area contributed by atoms with E-state index in [4.69, 9.17) is 11.6 Å². The first-order valence-corrected chi connectivity index (χ1v) is 7.14. The molecule has 1 fully saturated rings. The number of hydrogen-bond donors (Lipinski definition) is 0. The lowest BCUT2D eigenvalue weighted by Gasteiger charge is -2.01. The van der Waals surface area contributed by atoms with Crippen LogP contribution in [0.5, 0.6) is 0 Å². The maximum Gasteiger partial charge on any atom is 0.148 e. The highest BCUT2D eigenvalue weighted by Crippen LogP contribution is 2.30. The Morgan fingerprint density at radius 3 is 2.50 bits per heavy atom. The largest absolute Gasteiger partial charge is 0.298 e. The van der Waals surface area contributed by atoms with Crippen LogP contribution in [0.3, 0.4) is 0 Å². The summed E-state index contributed by atoms with van der Waals surface area (Å²) in [6, 6.07) is 7.25. The summed E-state index contributed by atoms with van der Waals surface area (Å²) in [5, 5.41) is 0.670. The zero-order chi connectivity index (χ0) is 11.5. The maximum absolute atomic E-state index is 11.7. The molecule has 0 spiro atoms. The van der Waals surface area contributed by atoms with Gasteiger partial charge in [-0.15, -0.1) is 0 Å². The quantitative estimate of drug-likeness (QED) is 0.812. The predicted molar refractivity (Wildman–Crippen MR) is 65.9 cm³/mol. The molecule has 16 heavy (non-hydrogen) atoms. The molecule has 0 aromatic heterocycles. The van der Waals surface area contributed by atoms with E-state index >= 15 is 0 Å². The van der Waals surface area contributed by atoms with Gasteiger partial charge in [-0.1, -0.05) is 23.7 Å². The van der Waals surface area contributed by atoms with E-state index in [2.05, 4.69) is 0 Å². The zero-order valence-electron chi connectivity index (χ0n) is 8.82. The van der Waals surface area contributed by atoms with Crippen LogP contribution in [0.1, 0.15) is 18.4 Å². The topological polar surface area (TPSA) is 34.1 Å². The lowest BCUT2D eigenvalue weighted by molar-refractivity contribution is -0.117. The van der Waals surface area contributed by atoms with Crippen molar-refractivity contribution >= 4 is 28.2 Å². The molecule has 0 N–H and O–H groups in total. The molecule has 1 aromatic rings. The molecule has 0 amide bonds. The van der Waals surface area contributed by atoms with Crippen molar-refractivity contribution in [2.24, 2.45) is 5.92 Å². The fraction of sp³-hybridized carbons (Fsp3) is 0.417. The van der Waals surface area contributed by atoms with E-state index in [1.165, 1.54) is 0 Å². The molecule has 0 bridgehead atoms. The third kappa shape index (κ3) is 3.42. The number of ketones is 1. The first kappa shape index (κ1) is 11.8. The van der Waals surface area contributed by atoms with E-state index in [1.54, 1.807) is 12.1 Å². The highest BCUT2D eigenvalue weighted by molar-refractivity contribution is 7.84. The molecule has 2 rings (SSSR count). The van der Waals surface area contributed by atoms with E-state index in [9.17, 15) is 9.00 Å². The van der Waals surface area contributed by atoms with Crippen LogP contribution in [0.4, 0.5) is 0 Å². The van der Waals surface area contributed by atoms with Crippen LogP contribution in [-0.4, -0.2) is 15.7 Å². The Morgan fingerprint density at radius 1 is 1.31 bits per heavy atom. The molecule has 0 radical (unpaired) electrons. The van der Waals surface area contributed by atoms with Crippen molar-refractivity contribution in [3.63, 3.8) is 0 Å². The van der Waals surface area contributed by atoms with Gasteiger partial charge in [0.15, 0.2) is 0 Å². The van der Waals surface area contributed by atoms with Crippen LogP contribution in [0.25, 0.3) is 0 Å². The molecular formula is C12H13ClO2S. The monoisotopic (exact) mass is 256 g/mol. The molecule has 2 nitrogen and oxygen atoms in total. The lowest BCUT2D eigenvalue weighted by atomic mass is 10.2. The fourth-order valence-corrected chi connectivity index (χ4v) is 2.84. The molecule has 0 saturated heterocycles. The van der Waals surface area contributed by atoms with Gasteiger partial charge >= 0.3 is 0 Å². The van der Waals surface area contributed by atoms with Crippen molar-refractivity contribution in [3.8, 4) is 0 Å². The summed E-state index contributed by atoms with van der Waals surface area (Å²) in [6.45, 7) is 0. The molecule has 1 aliphatic carbocycles. The van der Waals surface area contributed by atoms with Gasteiger partial charge in [0.1, 0.15) is 5.78 Å². The molecule has 1 unspecified atom stereocenters. The molecule has 1 aliphatic rings. The van der Waals surface area contributed by atoms with E-state index in [0.29, 0.717) is 10.8 Å². The molecule has 1 atom stereocenters. The second-order valence-electron chi connectivity index (χ2n) is 4.10. The SMILES string of the molecule is O=C(CS(=O)Cc1ccc(Cl)cc1)C1CC1. The Kier molecular flexibility index (Phi) is 3.77. The highest BCUT2D eigenvalue weighted by atomic mass is 35.5. The van der Waals surface area contributed by atoms with E-state index in [0.717, 1.165) is 18.4 Å². The normalized spacial score (nSPS) is 17.1. The van der Waals surface area contributed by atoms with Crippen LogP contribution in [-0.2, 0) is 21.3 Å². The van der Waals surface area contributed by atoms with Gasteiger partial charge in [0, 0.05) is 27.5 Å². The standard InChI is InChI=1S/C12H13ClO2S/c13-11-5-1-9(2-6-11)7-16(15)8-12(14)10-3-4-10/h1-2,5-6,10H,3-4,7-8H2. The zero-order valence-corrected chi connectivity index (χ0v) is 10.4. The maximum atomic E-state index is 11.7. The summed E-state index contributed by atoms with van der Waals surface area (Å²) >= 11 is 5.75.